The second kappa shape index (κ2) is 7.55. The third-order valence-electron chi connectivity index (χ3n) is 4.20. The van der Waals surface area contributed by atoms with Gasteiger partial charge in [0.2, 0.25) is 5.91 Å². The summed E-state index contributed by atoms with van der Waals surface area (Å²) in [5.41, 5.74) is 0.642. The van der Waals surface area contributed by atoms with Gasteiger partial charge in [0.1, 0.15) is 0 Å². The lowest BCUT2D eigenvalue weighted by molar-refractivity contribution is -0.132. The number of hydrogen-bond acceptors (Lipinski definition) is 4. The number of amides is 2. The molecule has 1 atom stereocenters. The second-order valence-corrected chi connectivity index (χ2v) is 7.22. The molecule has 0 aromatic heterocycles. The Balaban J connectivity index is 1.60. The SMILES string of the molecule is O=C(c1ccc(Cl)cc1)N1CCCN(C(=O)C2CSCN2)CC1. The Bertz CT molecular complexity index is 575. The molecule has 1 unspecified atom stereocenters. The Kier molecular flexibility index (Phi) is 5.46. The van der Waals surface area contributed by atoms with E-state index in [0.717, 1.165) is 18.1 Å². The van der Waals surface area contributed by atoms with E-state index in [1.807, 2.05) is 9.80 Å². The van der Waals surface area contributed by atoms with Gasteiger partial charge in [0.15, 0.2) is 0 Å². The minimum Gasteiger partial charge on any atom is -0.339 e. The molecule has 2 aliphatic heterocycles. The molecule has 2 amide bonds. The molecule has 3 rings (SSSR count). The standard InChI is InChI=1S/C16H20ClN3O2S/c17-13-4-2-12(3-5-13)15(21)19-6-1-7-20(9-8-19)16(22)14-10-23-11-18-14/h2-5,14,18H,1,6-11H2. The van der Waals surface area contributed by atoms with Crippen LogP contribution in [0.5, 0.6) is 0 Å². The highest BCUT2D eigenvalue weighted by molar-refractivity contribution is 7.99. The molecule has 2 aliphatic rings. The summed E-state index contributed by atoms with van der Waals surface area (Å²) in [6.07, 6.45) is 0.810. The Hall–Kier alpha value is -1.24. The van der Waals surface area contributed by atoms with E-state index in [4.69, 9.17) is 11.6 Å². The van der Waals surface area contributed by atoms with Crippen LogP contribution in [0.15, 0.2) is 24.3 Å². The lowest BCUT2D eigenvalue weighted by Crippen LogP contribution is -2.46. The van der Waals surface area contributed by atoms with Crippen LogP contribution in [0.4, 0.5) is 0 Å². The number of nitrogens with one attached hydrogen (secondary N) is 1. The molecular formula is C16H20ClN3O2S. The molecule has 2 heterocycles. The minimum absolute atomic E-state index is 0.00510. The lowest BCUT2D eigenvalue weighted by Gasteiger charge is -2.24. The lowest BCUT2D eigenvalue weighted by atomic mass is 10.2. The molecule has 23 heavy (non-hydrogen) atoms. The summed E-state index contributed by atoms with van der Waals surface area (Å²) in [4.78, 5) is 28.7. The Morgan fingerprint density at radius 2 is 1.78 bits per heavy atom. The Labute approximate surface area is 145 Å². The molecule has 1 aromatic rings. The third kappa shape index (κ3) is 4.00. The molecule has 7 heteroatoms. The summed E-state index contributed by atoms with van der Waals surface area (Å²) in [7, 11) is 0. The molecular weight excluding hydrogens is 334 g/mol. The average Bonchev–Trinajstić information content (AvgIpc) is 2.99. The van der Waals surface area contributed by atoms with Gasteiger partial charge in [-0.05, 0) is 30.7 Å². The smallest absolute Gasteiger partial charge is 0.253 e. The summed E-state index contributed by atoms with van der Waals surface area (Å²) in [5, 5.41) is 3.84. The van der Waals surface area contributed by atoms with Gasteiger partial charge >= 0.3 is 0 Å². The fraction of sp³-hybridized carbons (Fsp3) is 0.500. The van der Waals surface area contributed by atoms with Crippen molar-refractivity contribution in [1.29, 1.82) is 0 Å². The first-order chi connectivity index (χ1) is 11.1. The number of thioether (sulfide) groups is 1. The van der Waals surface area contributed by atoms with Gasteiger partial charge in [-0.3, -0.25) is 14.9 Å². The number of hydrogen-bond donors (Lipinski definition) is 1. The van der Waals surface area contributed by atoms with Crippen molar-refractivity contribution in [3.8, 4) is 0 Å². The quantitative estimate of drug-likeness (QED) is 0.879. The van der Waals surface area contributed by atoms with Gasteiger partial charge < -0.3 is 9.80 Å². The van der Waals surface area contributed by atoms with E-state index in [1.54, 1.807) is 36.0 Å². The maximum atomic E-state index is 12.6. The predicted molar refractivity (Wildman–Crippen MR) is 92.8 cm³/mol. The van der Waals surface area contributed by atoms with Crippen molar-refractivity contribution < 1.29 is 9.59 Å². The van der Waals surface area contributed by atoms with Gasteiger partial charge in [0.25, 0.3) is 5.91 Å². The van der Waals surface area contributed by atoms with E-state index < -0.39 is 0 Å². The molecule has 124 valence electrons. The summed E-state index contributed by atoms with van der Waals surface area (Å²) in [6, 6.07) is 6.88. The van der Waals surface area contributed by atoms with Crippen molar-refractivity contribution in [3.05, 3.63) is 34.9 Å². The van der Waals surface area contributed by atoms with Crippen LogP contribution in [-0.2, 0) is 4.79 Å². The van der Waals surface area contributed by atoms with Crippen LogP contribution in [0.25, 0.3) is 0 Å². The monoisotopic (exact) mass is 353 g/mol. The fourth-order valence-corrected chi connectivity index (χ4v) is 3.95. The van der Waals surface area contributed by atoms with E-state index in [1.165, 1.54) is 0 Å². The van der Waals surface area contributed by atoms with E-state index >= 15 is 0 Å². The normalized spacial score (nSPS) is 22.0. The van der Waals surface area contributed by atoms with Crippen LogP contribution in [0.3, 0.4) is 0 Å². The summed E-state index contributed by atoms with van der Waals surface area (Å²) < 4.78 is 0. The zero-order valence-electron chi connectivity index (χ0n) is 12.8. The van der Waals surface area contributed by atoms with Gasteiger partial charge in [0.05, 0.1) is 6.04 Å². The van der Waals surface area contributed by atoms with Crippen molar-refractivity contribution in [1.82, 2.24) is 15.1 Å². The largest absolute Gasteiger partial charge is 0.339 e. The van der Waals surface area contributed by atoms with Crippen molar-refractivity contribution in [2.45, 2.75) is 12.5 Å². The van der Waals surface area contributed by atoms with Crippen molar-refractivity contribution in [2.75, 3.05) is 37.8 Å². The van der Waals surface area contributed by atoms with E-state index in [9.17, 15) is 9.59 Å². The molecule has 1 aromatic carbocycles. The molecule has 0 saturated carbocycles. The number of carbonyl (C=O) groups is 2. The third-order valence-corrected chi connectivity index (χ3v) is 5.39. The number of halogens is 1. The van der Waals surface area contributed by atoms with Gasteiger partial charge in [0, 0.05) is 48.4 Å². The zero-order chi connectivity index (χ0) is 16.2. The van der Waals surface area contributed by atoms with E-state index in [0.29, 0.717) is 36.8 Å². The van der Waals surface area contributed by atoms with E-state index in [-0.39, 0.29) is 17.9 Å². The van der Waals surface area contributed by atoms with Crippen LogP contribution in [0.1, 0.15) is 16.8 Å². The Morgan fingerprint density at radius 3 is 2.48 bits per heavy atom. The van der Waals surface area contributed by atoms with Crippen LogP contribution in [0, 0.1) is 0 Å². The molecule has 1 N–H and O–H groups in total. The van der Waals surface area contributed by atoms with Crippen LogP contribution in [0.2, 0.25) is 5.02 Å². The van der Waals surface area contributed by atoms with E-state index in [2.05, 4.69) is 5.32 Å². The zero-order valence-corrected chi connectivity index (χ0v) is 14.4. The Morgan fingerprint density at radius 1 is 1.09 bits per heavy atom. The predicted octanol–water partition coefficient (Wildman–Crippen LogP) is 1.68. The molecule has 2 fully saturated rings. The molecule has 5 nitrogen and oxygen atoms in total. The van der Waals surface area contributed by atoms with Crippen molar-refractivity contribution >= 4 is 35.2 Å². The number of benzene rings is 1. The first-order valence-corrected chi connectivity index (χ1v) is 9.33. The van der Waals surface area contributed by atoms with Crippen LogP contribution < -0.4 is 5.32 Å². The number of carbonyl (C=O) groups excluding carboxylic acids is 2. The van der Waals surface area contributed by atoms with Gasteiger partial charge in [-0.2, -0.15) is 0 Å². The molecule has 0 aliphatic carbocycles. The van der Waals surface area contributed by atoms with Gasteiger partial charge in [-0.25, -0.2) is 0 Å². The summed E-state index contributed by atoms with van der Waals surface area (Å²) >= 11 is 7.62. The fourth-order valence-electron chi connectivity index (χ4n) is 2.89. The average molecular weight is 354 g/mol. The highest BCUT2D eigenvalue weighted by Gasteiger charge is 2.29. The second-order valence-electron chi connectivity index (χ2n) is 5.75. The minimum atomic E-state index is -0.0708. The summed E-state index contributed by atoms with van der Waals surface area (Å²) in [6.45, 7) is 2.57. The van der Waals surface area contributed by atoms with Crippen LogP contribution in [-0.4, -0.2) is 65.5 Å². The maximum Gasteiger partial charge on any atom is 0.253 e. The molecule has 0 bridgehead atoms. The highest BCUT2D eigenvalue weighted by Crippen LogP contribution is 2.16. The maximum absolute atomic E-state index is 12.6. The molecule has 0 spiro atoms. The van der Waals surface area contributed by atoms with Crippen molar-refractivity contribution in [2.24, 2.45) is 0 Å². The van der Waals surface area contributed by atoms with Gasteiger partial charge in [-0.15, -0.1) is 11.8 Å². The highest BCUT2D eigenvalue weighted by atomic mass is 35.5. The number of rotatable bonds is 2. The van der Waals surface area contributed by atoms with Gasteiger partial charge in [-0.1, -0.05) is 11.6 Å². The van der Waals surface area contributed by atoms with Crippen LogP contribution >= 0.6 is 23.4 Å². The topological polar surface area (TPSA) is 52.7 Å². The summed E-state index contributed by atoms with van der Waals surface area (Å²) in [5.74, 6) is 1.84. The van der Waals surface area contributed by atoms with Crippen molar-refractivity contribution in [3.63, 3.8) is 0 Å². The molecule has 0 radical (unpaired) electrons. The first kappa shape index (κ1) is 16.6. The number of nitrogens with zero attached hydrogens (tertiary/aromatic N) is 2. The first-order valence-electron chi connectivity index (χ1n) is 7.80. The molecule has 2 saturated heterocycles.